The van der Waals surface area contributed by atoms with E-state index < -0.39 is 0 Å². The summed E-state index contributed by atoms with van der Waals surface area (Å²) < 4.78 is 0. The summed E-state index contributed by atoms with van der Waals surface area (Å²) in [5, 5.41) is 0. The van der Waals surface area contributed by atoms with Crippen molar-refractivity contribution in [1.82, 2.24) is 4.90 Å². The van der Waals surface area contributed by atoms with Crippen LogP contribution in [0, 0.1) is 12.3 Å². The Labute approximate surface area is 82.1 Å². The maximum absolute atomic E-state index is 2.48. The molecule has 2 fully saturated rings. The molecule has 0 aromatic carbocycles. The van der Waals surface area contributed by atoms with Crippen molar-refractivity contribution < 1.29 is 32.7 Å². The molecule has 2 heteroatoms. The third-order valence-electron chi connectivity index (χ3n) is 2.46. The summed E-state index contributed by atoms with van der Waals surface area (Å²) in [4.78, 5) is 2.48. The maximum Gasteiger partial charge on any atom is 0 e. The van der Waals surface area contributed by atoms with Gasteiger partial charge < -0.3 is 11.3 Å². The molecular formula is C7H12NY-. The smallest absolute Gasteiger partial charge is 0 e. The van der Waals surface area contributed by atoms with Crippen LogP contribution in [0.5, 0.6) is 0 Å². The fourth-order valence-corrected chi connectivity index (χ4v) is 1.92. The molecule has 2 unspecified atom stereocenters. The Morgan fingerprint density at radius 1 is 1.56 bits per heavy atom. The van der Waals surface area contributed by atoms with E-state index in [1.54, 1.807) is 0 Å². The normalized spacial score (nSPS) is 41.0. The number of piperidine rings is 1. The molecule has 1 aliphatic carbocycles. The van der Waals surface area contributed by atoms with Crippen molar-refractivity contribution in [3.63, 3.8) is 0 Å². The predicted molar refractivity (Wildman–Crippen MR) is 33.4 cm³/mol. The molecule has 2 bridgehead atoms. The molecule has 0 spiro atoms. The average Bonchev–Trinajstić information content (AvgIpc) is 2.23. The van der Waals surface area contributed by atoms with Crippen LogP contribution in [-0.2, 0) is 32.7 Å². The topological polar surface area (TPSA) is 3.24 Å². The van der Waals surface area contributed by atoms with E-state index in [9.17, 15) is 0 Å². The molecule has 2 rings (SSSR count). The summed E-state index contributed by atoms with van der Waals surface area (Å²) in [7, 11) is 2.23. The van der Waals surface area contributed by atoms with Crippen LogP contribution in [0.3, 0.4) is 0 Å². The molecule has 1 saturated heterocycles. The van der Waals surface area contributed by atoms with E-state index >= 15 is 0 Å². The zero-order valence-corrected chi connectivity index (χ0v) is 8.72. The van der Waals surface area contributed by atoms with Crippen molar-refractivity contribution in [2.24, 2.45) is 5.92 Å². The first kappa shape index (κ1) is 8.16. The van der Waals surface area contributed by atoms with Crippen molar-refractivity contribution >= 4 is 0 Å². The molecular weight excluding hydrogens is 187 g/mol. The second-order valence-electron chi connectivity index (χ2n) is 3.06. The summed E-state index contributed by atoms with van der Waals surface area (Å²) in [5.74, 6) is 0.949. The van der Waals surface area contributed by atoms with Gasteiger partial charge in [-0.05, 0) is 19.6 Å². The van der Waals surface area contributed by atoms with Gasteiger partial charge in [-0.3, -0.25) is 0 Å². The van der Waals surface area contributed by atoms with Crippen LogP contribution in [-0.4, -0.2) is 24.5 Å². The third kappa shape index (κ3) is 1.39. The molecule has 1 saturated carbocycles. The quantitative estimate of drug-likeness (QED) is 0.524. The Hall–Kier alpha value is 1.06. The number of fused-ring (bicyclic) bond motifs is 2. The Balaban J connectivity index is 0.000000405. The summed E-state index contributed by atoms with van der Waals surface area (Å²) >= 11 is 0. The second kappa shape index (κ2) is 2.98. The number of hydrogen-bond donors (Lipinski definition) is 0. The minimum absolute atomic E-state index is 0. The second-order valence-corrected chi connectivity index (χ2v) is 3.06. The standard InChI is InChI=1S/C7H12N.Y/c1-8-5-6-2-3-7(8)4-6;/h2,6-7H,3-5H2,1H3;/q-1;. The Morgan fingerprint density at radius 2 is 2.33 bits per heavy atom. The van der Waals surface area contributed by atoms with Gasteiger partial charge in [-0.2, -0.15) is 12.3 Å². The van der Waals surface area contributed by atoms with Crippen LogP contribution in [0.15, 0.2) is 0 Å². The number of likely N-dealkylation sites (tertiary alicyclic amines) is 1. The van der Waals surface area contributed by atoms with Gasteiger partial charge >= 0.3 is 0 Å². The molecule has 1 aliphatic heterocycles. The summed E-state index contributed by atoms with van der Waals surface area (Å²) in [5.41, 5.74) is 0. The van der Waals surface area contributed by atoms with Gasteiger partial charge in [0.15, 0.2) is 0 Å². The fourth-order valence-electron chi connectivity index (χ4n) is 1.92. The van der Waals surface area contributed by atoms with Crippen molar-refractivity contribution in [2.45, 2.75) is 18.9 Å². The van der Waals surface area contributed by atoms with Crippen LogP contribution in [0.4, 0.5) is 0 Å². The summed E-state index contributed by atoms with van der Waals surface area (Å²) in [6.07, 6.45) is 5.27. The van der Waals surface area contributed by atoms with Crippen LogP contribution in [0.2, 0.25) is 0 Å². The van der Waals surface area contributed by atoms with Crippen LogP contribution < -0.4 is 0 Å². The summed E-state index contributed by atoms with van der Waals surface area (Å²) in [6.45, 7) is 1.32. The molecule has 0 N–H and O–H groups in total. The zero-order valence-electron chi connectivity index (χ0n) is 5.88. The third-order valence-corrected chi connectivity index (χ3v) is 2.46. The molecule has 0 aromatic heterocycles. The SMILES string of the molecule is CN1CC2[CH-]CC1C2.[Y]. The van der Waals surface area contributed by atoms with Gasteiger partial charge in [-0.25, -0.2) is 0 Å². The van der Waals surface area contributed by atoms with Crippen LogP contribution >= 0.6 is 0 Å². The first-order chi connectivity index (χ1) is 3.86. The van der Waals surface area contributed by atoms with Gasteiger partial charge in [0.25, 0.3) is 0 Å². The van der Waals surface area contributed by atoms with Crippen molar-refractivity contribution in [2.75, 3.05) is 13.6 Å². The first-order valence-electron chi connectivity index (χ1n) is 3.40. The average molecular weight is 199 g/mol. The minimum Gasteiger partial charge on any atom is -0.323 e. The van der Waals surface area contributed by atoms with Gasteiger partial charge in [-0.1, -0.05) is 6.42 Å². The van der Waals surface area contributed by atoms with Gasteiger partial charge in [-0.15, -0.1) is 0 Å². The van der Waals surface area contributed by atoms with Crippen molar-refractivity contribution in [3.05, 3.63) is 6.42 Å². The predicted octanol–water partition coefficient (Wildman–Crippen LogP) is 0.912. The van der Waals surface area contributed by atoms with E-state index in [2.05, 4.69) is 18.4 Å². The number of nitrogens with zero attached hydrogens (tertiary/aromatic N) is 1. The van der Waals surface area contributed by atoms with Gasteiger partial charge in [0, 0.05) is 32.7 Å². The molecule has 0 amide bonds. The number of hydrogen-bond acceptors (Lipinski definition) is 1. The van der Waals surface area contributed by atoms with Gasteiger partial charge in [0.2, 0.25) is 0 Å². The maximum atomic E-state index is 2.48. The molecule has 9 heavy (non-hydrogen) atoms. The molecule has 1 heterocycles. The van der Waals surface area contributed by atoms with Crippen LogP contribution in [0.1, 0.15) is 12.8 Å². The monoisotopic (exact) mass is 199 g/mol. The van der Waals surface area contributed by atoms with Crippen molar-refractivity contribution in [1.29, 1.82) is 0 Å². The van der Waals surface area contributed by atoms with E-state index in [-0.39, 0.29) is 32.7 Å². The van der Waals surface area contributed by atoms with E-state index in [1.165, 1.54) is 19.4 Å². The van der Waals surface area contributed by atoms with E-state index in [1.807, 2.05) is 0 Å². The first-order valence-corrected chi connectivity index (χ1v) is 3.40. The fraction of sp³-hybridized carbons (Fsp3) is 0.857. The molecule has 0 aromatic rings. The van der Waals surface area contributed by atoms with Gasteiger partial charge in [0.05, 0.1) is 0 Å². The molecule has 1 radical (unpaired) electrons. The Morgan fingerprint density at radius 3 is 2.56 bits per heavy atom. The summed E-state index contributed by atoms with van der Waals surface area (Å²) in [6, 6.07) is 0.917. The van der Waals surface area contributed by atoms with E-state index in [4.69, 9.17) is 0 Å². The molecule has 2 aliphatic rings. The molecule has 49 valence electrons. The molecule has 2 atom stereocenters. The largest absolute Gasteiger partial charge is 0.323 e. The number of rotatable bonds is 0. The minimum atomic E-state index is 0. The Bertz CT molecular complexity index is 103. The van der Waals surface area contributed by atoms with E-state index in [0.29, 0.717) is 0 Å². The zero-order chi connectivity index (χ0) is 5.56. The van der Waals surface area contributed by atoms with E-state index in [0.717, 1.165) is 12.0 Å². The van der Waals surface area contributed by atoms with Gasteiger partial charge in [0.1, 0.15) is 0 Å². The van der Waals surface area contributed by atoms with Crippen LogP contribution in [0.25, 0.3) is 0 Å². The molecule has 1 nitrogen and oxygen atoms in total. The van der Waals surface area contributed by atoms with Crippen molar-refractivity contribution in [3.8, 4) is 0 Å². The Kier molecular flexibility index (Phi) is 2.70.